The van der Waals surface area contributed by atoms with Crippen molar-refractivity contribution in [1.82, 2.24) is 4.98 Å². The van der Waals surface area contributed by atoms with Gasteiger partial charge in [0.1, 0.15) is 11.6 Å². The monoisotopic (exact) mass is 284 g/mol. The van der Waals surface area contributed by atoms with Crippen LogP contribution in [0.5, 0.6) is 0 Å². The summed E-state index contributed by atoms with van der Waals surface area (Å²) < 4.78 is 50.1. The third kappa shape index (κ3) is 3.05. The van der Waals surface area contributed by atoms with Crippen molar-refractivity contribution in [1.29, 1.82) is 0 Å². The van der Waals surface area contributed by atoms with Crippen molar-refractivity contribution in [2.45, 2.75) is 10.8 Å². The van der Waals surface area contributed by atoms with Crippen molar-refractivity contribution in [2.75, 3.05) is 5.73 Å². The van der Waals surface area contributed by atoms with Crippen LogP contribution in [-0.2, 0) is 15.6 Å². The summed E-state index contributed by atoms with van der Waals surface area (Å²) in [6, 6.07) is 5.48. The van der Waals surface area contributed by atoms with Gasteiger partial charge >= 0.3 is 0 Å². The van der Waals surface area contributed by atoms with Gasteiger partial charge in [0.2, 0.25) is 9.84 Å². The number of rotatable bonds is 3. The van der Waals surface area contributed by atoms with Gasteiger partial charge in [0.15, 0.2) is 5.03 Å². The minimum Gasteiger partial charge on any atom is -0.396 e. The number of benzene rings is 1. The maximum atomic E-state index is 13.0. The van der Waals surface area contributed by atoms with E-state index in [4.69, 9.17) is 5.73 Å². The Morgan fingerprint density at radius 3 is 2.37 bits per heavy atom. The van der Waals surface area contributed by atoms with Crippen molar-refractivity contribution in [2.24, 2.45) is 0 Å². The van der Waals surface area contributed by atoms with Crippen molar-refractivity contribution in [3.05, 3.63) is 53.7 Å². The summed E-state index contributed by atoms with van der Waals surface area (Å²) in [5, 5.41) is -0.292. The van der Waals surface area contributed by atoms with Crippen LogP contribution in [0, 0.1) is 11.6 Å². The number of nitrogens with zero attached hydrogens (tertiary/aromatic N) is 1. The molecule has 0 unspecified atom stereocenters. The van der Waals surface area contributed by atoms with Gasteiger partial charge in [0.25, 0.3) is 0 Å². The lowest BCUT2D eigenvalue weighted by Crippen LogP contribution is -2.10. The van der Waals surface area contributed by atoms with Gasteiger partial charge in [-0.15, -0.1) is 0 Å². The van der Waals surface area contributed by atoms with Gasteiger partial charge in [0, 0.05) is 12.3 Å². The third-order valence-electron chi connectivity index (χ3n) is 2.37. The van der Waals surface area contributed by atoms with Crippen LogP contribution in [0.4, 0.5) is 14.5 Å². The molecule has 0 amide bonds. The molecular formula is C12H10F2N2O2S. The maximum absolute atomic E-state index is 13.0. The summed E-state index contributed by atoms with van der Waals surface area (Å²) in [5.74, 6) is -2.23. The number of anilines is 1. The molecule has 19 heavy (non-hydrogen) atoms. The zero-order chi connectivity index (χ0) is 14.0. The van der Waals surface area contributed by atoms with Crippen LogP contribution in [0.2, 0.25) is 0 Å². The molecule has 0 aliphatic rings. The van der Waals surface area contributed by atoms with Crippen LogP contribution in [0.1, 0.15) is 5.56 Å². The van der Waals surface area contributed by atoms with Crippen LogP contribution < -0.4 is 5.73 Å². The minimum atomic E-state index is -3.85. The molecule has 0 spiro atoms. The summed E-state index contributed by atoms with van der Waals surface area (Å²) in [6.07, 6.45) is 1.29. The Kier molecular flexibility index (Phi) is 3.48. The van der Waals surface area contributed by atoms with Crippen LogP contribution in [0.15, 0.2) is 41.6 Å². The van der Waals surface area contributed by atoms with E-state index < -0.39 is 27.2 Å². The molecule has 0 radical (unpaired) electrons. The van der Waals surface area contributed by atoms with E-state index in [1.807, 2.05) is 0 Å². The minimum absolute atomic E-state index is 0.000579. The smallest absolute Gasteiger partial charge is 0.201 e. The fourth-order valence-electron chi connectivity index (χ4n) is 1.65. The Morgan fingerprint density at radius 1 is 1.16 bits per heavy atom. The quantitative estimate of drug-likeness (QED) is 0.934. The third-order valence-corrected chi connectivity index (χ3v) is 4.02. The molecule has 0 saturated carbocycles. The van der Waals surface area contributed by atoms with E-state index in [0.29, 0.717) is 6.07 Å². The van der Waals surface area contributed by atoms with Gasteiger partial charge in [0.05, 0.1) is 11.4 Å². The van der Waals surface area contributed by atoms with Crippen molar-refractivity contribution in [3.63, 3.8) is 0 Å². The van der Waals surface area contributed by atoms with Gasteiger partial charge in [-0.05, 0) is 29.8 Å². The maximum Gasteiger partial charge on any atom is 0.201 e. The van der Waals surface area contributed by atoms with Gasteiger partial charge in [-0.3, -0.25) is 0 Å². The number of hydrogen-bond donors (Lipinski definition) is 1. The first-order valence-electron chi connectivity index (χ1n) is 5.27. The standard InChI is InChI=1S/C12H10F2N2O2S/c13-9-4-8(5-10(14)6-9)7-19(17,18)12-11(15)2-1-3-16-12/h1-6H,7,15H2. The fraction of sp³-hybridized carbons (Fsp3) is 0.0833. The Balaban J connectivity index is 2.39. The number of nitrogens with two attached hydrogens (primary N) is 1. The predicted molar refractivity (Wildman–Crippen MR) is 65.9 cm³/mol. The molecule has 1 aromatic carbocycles. The highest BCUT2D eigenvalue weighted by Crippen LogP contribution is 2.20. The van der Waals surface area contributed by atoms with Gasteiger partial charge in [-0.2, -0.15) is 0 Å². The molecule has 2 N–H and O–H groups in total. The van der Waals surface area contributed by atoms with Crippen molar-refractivity contribution < 1.29 is 17.2 Å². The zero-order valence-corrected chi connectivity index (χ0v) is 10.5. The molecule has 1 heterocycles. The van der Waals surface area contributed by atoms with E-state index in [1.54, 1.807) is 0 Å². The number of nitrogen functional groups attached to an aromatic ring is 1. The lowest BCUT2D eigenvalue weighted by atomic mass is 10.2. The van der Waals surface area contributed by atoms with Crippen LogP contribution in [0.3, 0.4) is 0 Å². The summed E-state index contributed by atoms with van der Waals surface area (Å²) in [7, 11) is -3.85. The highest BCUT2D eigenvalue weighted by atomic mass is 32.2. The Morgan fingerprint density at radius 2 is 1.79 bits per heavy atom. The molecular weight excluding hydrogens is 274 g/mol. The Labute approximate surface area is 108 Å². The second-order valence-electron chi connectivity index (χ2n) is 3.93. The molecule has 1 aromatic heterocycles. The summed E-state index contributed by atoms with van der Waals surface area (Å²) in [6.45, 7) is 0. The average molecular weight is 284 g/mol. The molecule has 0 aliphatic carbocycles. The number of pyridine rings is 1. The molecule has 0 aliphatic heterocycles. The number of aromatic nitrogens is 1. The second-order valence-corrected chi connectivity index (χ2v) is 5.84. The summed E-state index contributed by atoms with van der Waals surface area (Å²) in [4.78, 5) is 3.69. The first-order valence-corrected chi connectivity index (χ1v) is 6.92. The molecule has 0 bridgehead atoms. The Bertz CT molecular complexity index is 697. The van der Waals surface area contributed by atoms with Gasteiger partial charge < -0.3 is 5.73 Å². The van der Waals surface area contributed by atoms with Gasteiger partial charge in [-0.1, -0.05) is 0 Å². The molecule has 7 heteroatoms. The average Bonchev–Trinajstić information content (AvgIpc) is 2.26. The number of halogens is 2. The van der Waals surface area contributed by atoms with E-state index >= 15 is 0 Å². The molecule has 0 saturated heterocycles. The van der Waals surface area contributed by atoms with Crippen LogP contribution in [-0.4, -0.2) is 13.4 Å². The molecule has 4 nitrogen and oxygen atoms in total. The summed E-state index contributed by atoms with van der Waals surface area (Å²) >= 11 is 0. The Hall–Kier alpha value is -2.02. The second kappa shape index (κ2) is 4.93. The van der Waals surface area contributed by atoms with Crippen LogP contribution >= 0.6 is 0 Å². The van der Waals surface area contributed by atoms with Crippen molar-refractivity contribution in [3.8, 4) is 0 Å². The molecule has 2 aromatic rings. The van der Waals surface area contributed by atoms with E-state index in [0.717, 1.165) is 12.1 Å². The normalized spacial score (nSPS) is 11.5. The molecule has 100 valence electrons. The lowest BCUT2D eigenvalue weighted by Gasteiger charge is -2.06. The van der Waals surface area contributed by atoms with E-state index in [2.05, 4.69) is 4.98 Å². The van der Waals surface area contributed by atoms with Crippen LogP contribution in [0.25, 0.3) is 0 Å². The van der Waals surface area contributed by atoms with E-state index in [1.165, 1.54) is 18.3 Å². The number of hydrogen-bond acceptors (Lipinski definition) is 4. The van der Waals surface area contributed by atoms with E-state index in [9.17, 15) is 17.2 Å². The van der Waals surface area contributed by atoms with Crippen molar-refractivity contribution >= 4 is 15.5 Å². The highest BCUT2D eigenvalue weighted by molar-refractivity contribution is 7.90. The molecule has 0 fully saturated rings. The molecule has 2 rings (SSSR count). The van der Waals surface area contributed by atoms with Gasteiger partial charge in [-0.25, -0.2) is 22.2 Å². The zero-order valence-electron chi connectivity index (χ0n) is 9.68. The first kappa shape index (κ1) is 13.4. The number of sulfone groups is 1. The summed E-state index contributed by atoms with van der Waals surface area (Å²) in [5.41, 5.74) is 5.53. The predicted octanol–water partition coefficient (Wildman–Crippen LogP) is 1.92. The fourth-order valence-corrected chi connectivity index (χ4v) is 3.04. The SMILES string of the molecule is Nc1cccnc1S(=O)(=O)Cc1cc(F)cc(F)c1. The topological polar surface area (TPSA) is 73.0 Å². The highest BCUT2D eigenvalue weighted by Gasteiger charge is 2.20. The first-order chi connectivity index (χ1) is 8.88. The molecule has 0 atom stereocenters. The lowest BCUT2D eigenvalue weighted by molar-refractivity contribution is 0.578. The largest absolute Gasteiger partial charge is 0.396 e. The van der Waals surface area contributed by atoms with E-state index in [-0.39, 0.29) is 16.3 Å².